The monoisotopic (exact) mass is 250 g/mol. The number of aromatic nitrogens is 2. The van der Waals surface area contributed by atoms with Crippen LogP contribution in [0.3, 0.4) is 0 Å². The van der Waals surface area contributed by atoms with Crippen LogP contribution in [-0.4, -0.2) is 47.2 Å². The largest absolute Gasteiger partial charge is 0.334 e. The zero-order valence-electron chi connectivity index (χ0n) is 11.7. The van der Waals surface area contributed by atoms with Gasteiger partial charge < -0.3 is 14.8 Å². The maximum Gasteiger partial charge on any atom is 0.105 e. The van der Waals surface area contributed by atoms with E-state index in [0.29, 0.717) is 0 Å². The van der Waals surface area contributed by atoms with E-state index in [9.17, 15) is 0 Å². The van der Waals surface area contributed by atoms with Crippen LogP contribution in [0.2, 0.25) is 0 Å². The van der Waals surface area contributed by atoms with Gasteiger partial charge in [-0.2, -0.15) is 0 Å². The van der Waals surface area contributed by atoms with Crippen LogP contribution in [0.1, 0.15) is 31.5 Å². The van der Waals surface area contributed by atoms with Gasteiger partial charge in [-0.1, -0.05) is 6.42 Å². The van der Waals surface area contributed by atoms with Crippen molar-refractivity contribution >= 4 is 0 Å². The van der Waals surface area contributed by atoms with Gasteiger partial charge in [0.25, 0.3) is 0 Å². The summed E-state index contributed by atoms with van der Waals surface area (Å²) in [5.74, 6) is 1.11. The Bertz CT molecular complexity index is 341. The van der Waals surface area contributed by atoms with Gasteiger partial charge >= 0.3 is 0 Å². The van der Waals surface area contributed by atoms with Crippen molar-refractivity contribution in [3.63, 3.8) is 0 Å². The Labute approximate surface area is 110 Å². The lowest BCUT2D eigenvalue weighted by Crippen LogP contribution is -2.37. The smallest absolute Gasteiger partial charge is 0.105 e. The van der Waals surface area contributed by atoms with E-state index in [2.05, 4.69) is 39.9 Å². The van der Waals surface area contributed by atoms with Crippen LogP contribution < -0.4 is 5.32 Å². The minimum Gasteiger partial charge on any atom is -0.334 e. The lowest BCUT2D eigenvalue weighted by Gasteiger charge is -2.26. The molecule has 1 aromatic heterocycles. The lowest BCUT2D eigenvalue weighted by molar-refractivity contribution is 0.278. The normalized spacial score (nSPS) is 20.5. The van der Waals surface area contributed by atoms with E-state index in [4.69, 9.17) is 0 Å². The molecule has 1 aliphatic rings. The predicted octanol–water partition coefficient (Wildman–Crippen LogP) is 1.66. The molecule has 0 radical (unpaired) electrons. The second-order valence-electron chi connectivity index (χ2n) is 5.41. The van der Waals surface area contributed by atoms with Crippen molar-refractivity contribution in [3.8, 4) is 0 Å². The zero-order chi connectivity index (χ0) is 12.8. The average Bonchev–Trinajstić information content (AvgIpc) is 2.81. The summed E-state index contributed by atoms with van der Waals surface area (Å²) in [5.41, 5.74) is 0. The van der Waals surface area contributed by atoms with Crippen LogP contribution in [-0.2, 0) is 6.54 Å². The summed E-state index contributed by atoms with van der Waals surface area (Å²) in [7, 11) is 2.22. The Morgan fingerprint density at radius 2 is 2.33 bits per heavy atom. The molecule has 4 nitrogen and oxygen atoms in total. The molecule has 102 valence electrons. The number of rotatable bonds is 6. The molecule has 0 bridgehead atoms. The summed E-state index contributed by atoms with van der Waals surface area (Å²) in [6.45, 7) is 6.60. The highest BCUT2D eigenvalue weighted by molar-refractivity contribution is 4.88. The molecule has 2 rings (SSSR count). The Balaban J connectivity index is 1.62. The first-order chi connectivity index (χ1) is 8.75. The molecule has 4 heteroatoms. The van der Waals surface area contributed by atoms with E-state index >= 15 is 0 Å². The first-order valence-electron chi connectivity index (χ1n) is 7.15. The molecule has 1 saturated heterocycles. The number of imidazole rings is 1. The Hall–Kier alpha value is -0.870. The average molecular weight is 250 g/mol. The van der Waals surface area contributed by atoms with Crippen molar-refractivity contribution in [2.45, 2.75) is 45.2 Å². The first kappa shape index (κ1) is 13.6. The van der Waals surface area contributed by atoms with Gasteiger partial charge in [0, 0.05) is 31.5 Å². The number of nitrogens with zero attached hydrogens (tertiary/aromatic N) is 3. The molecule has 0 amide bonds. The van der Waals surface area contributed by atoms with E-state index in [1.165, 1.54) is 38.8 Å². The standard InChI is InChI=1S/C14H26N4/c1-13-15-8-10-18(13)12-11-17(2)9-6-14-5-3-4-7-16-14/h8,10,14,16H,3-7,9,11-12H2,1-2H3. The summed E-state index contributed by atoms with van der Waals surface area (Å²) >= 11 is 0. The van der Waals surface area contributed by atoms with Crippen LogP contribution in [0, 0.1) is 6.92 Å². The third kappa shape index (κ3) is 4.10. The second-order valence-corrected chi connectivity index (χ2v) is 5.41. The fourth-order valence-electron chi connectivity index (χ4n) is 2.58. The number of hydrogen-bond acceptors (Lipinski definition) is 3. The maximum atomic E-state index is 4.25. The summed E-state index contributed by atoms with van der Waals surface area (Å²) < 4.78 is 2.22. The highest BCUT2D eigenvalue weighted by atomic mass is 15.1. The molecular formula is C14H26N4. The van der Waals surface area contributed by atoms with Gasteiger partial charge in [-0.3, -0.25) is 0 Å². The number of nitrogens with one attached hydrogen (secondary N) is 1. The second kappa shape index (κ2) is 6.90. The third-order valence-corrected chi connectivity index (χ3v) is 3.92. The molecule has 1 unspecified atom stereocenters. The number of likely N-dealkylation sites (N-methyl/N-ethyl adjacent to an activating group) is 1. The Morgan fingerprint density at radius 3 is 3.00 bits per heavy atom. The van der Waals surface area contributed by atoms with Crippen LogP contribution in [0.5, 0.6) is 0 Å². The molecule has 1 aliphatic heterocycles. The molecule has 1 aromatic rings. The van der Waals surface area contributed by atoms with Crippen LogP contribution in [0.25, 0.3) is 0 Å². The van der Waals surface area contributed by atoms with Crippen LogP contribution >= 0.6 is 0 Å². The highest BCUT2D eigenvalue weighted by Crippen LogP contribution is 2.10. The fraction of sp³-hybridized carbons (Fsp3) is 0.786. The number of piperidine rings is 1. The summed E-state index contributed by atoms with van der Waals surface area (Å²) in [6, 6.07) is 0.746. The van der Waals surface area contributed by atoms with Crippen molar-refractivity contribution in [1.29, 1.82) is 0 Å². The number of aryl methyl sites for hydroxylation is 1. The van der Waals surface area contributed by atoms with Gasteiger partial charge in [0.2, 0.25) is 0 Å². The van der Waals surface area contributed by atoms with Gasteiger partial charge in [0.15, 0.2) is 0 Å². The molecule has 2 heterocycles. The zero-order valence-corrected chi connectivity index (χ0v) is 11.7. The minimum atomic E-state index is 0.746. The third-order valence-electron chi connectivity index (χ3n) is 3.92. The van der Waals surface area contributed by atoms with Crippen molar-refractivity contribution in [1.82, 2.24) is 19.8 Å². The highest BCUT2D eigenvalue weighted by Gasteiger charge is 2.12. The fourth-order valence-corrected chi connectivity index (χ4v) is 2.58. The molecule has 0 aliphatic carbocycles. The summed E-state index contributed by atoms with van der Waals surface area (Å²) in [5, 5.41) is 3.61. The van der Waals surface area contributed by atoms with Gasteiger partial charge in [-0.05, 0) is 46.3 Å². The SMILES string of the molecule is Cc1nccn1CCN(C)CCC1CCCCN1. The number of hydrogen-bond donors (Lipinski definition) is 1. The molecule has 1 fully saturated rings. The molecule has 0 spiro atoms. The van der Waals surface area contributed by atoms with E-state index in [0.717, 1.165) is 25.0 Å². The van der Waals surface area contributed by atoms with Crippen LogP contribution in [0.4, 0.5) is 0 Å². The minimum absolute atomic E-state index is 0.746. The van der Waals surface area contributed by atoms with E-state index in [-0.39, 0.29) is 0 Å². The van der Waals surface area contributed by atoms with E-state index < -0.39 is 0 Å². The van der Waals surface area contributed by atoms with Crippen molar-refractivity contribution < 1.29 is 0 Å². The lowest BCUT2D eigenvalue weighted by atomic mass is 10.0. The predicted molar refractivity (Wildman–Crippen MR) is 74.7 cm³/mol. The van der Waals surface area contributed by atoms with Gasteiger partial charge in [0.1, 0.15) is 5.82 Å². The molecule has 0 saturated carbocycles. The Morgan fingerprint density at radius 1 is 1.44 bits per heavy atom. The first-order valence-corrected chi connectivity index (χ1v) is 7.15. The molecular weight excluding hydrogens is 224 g/mol. The molecule has 1 N–H and O–H groups in total. The quantitative estimate of drug-likeness (QED) is 0.833. The van der Waals surface area contributed by atoms with Crippen molar-refractivity contribution in [2.75, 3.05) is 26.7 Å². The topological polar surface area (TPSA) is 33.1 Å². The van der Waals surface area contributed by atoms with Crippen molar-refractivity contribution in [2.24, 2.45) is 0 Å². The Kier molecular flexibility index (Phi) is 5.20. The van der Waals surface area contributed by atoms with Crippen LogP contribution in [0.15, 0.2) is 12.4 Å². The molecule has 18 heavy (non-hydrogen) atoms. The molecule has 1 atom stereocenters. The summed E-state index contributed by atoms with van der Waals surface area (Å²) in [6.07, 6.45) is 9.32. The van der Waals surface area contributed by atoms with E-state index in [1.54, 1.807) is 0 Å². The van der Waals surface area contributed by atoms with Gasteiger partial charge in [-0.15, -0.1) is 0 Å². The van der Waals surface area contributed by atoms with Crippen molar-refractivity contribution in [3.05, 3.63) is 18.2 Å². The maximum absolute atomic E-state index is 4.25. The molecule has 0 aromatic carbocycles. The van der Waals surface area contributed by atoms with Gasteiger partial charge in [-0.25, -0.2) is 4.98 Å². The van der Waals surface area contributed by atoms with E-state index in [1.807, 2.05) is 6.20 Å². The summed E-state index contributed by atoms with van der Waals surface area (Å²) in [4.78, 5) is 6.67. The van der Waals surface area contributed by atoms with Gasteiger partial charge in [0.05, 0.1) is 0 Å².